The lowest BCUT2D eigenvalue weighted by Gasteiger charge is -2.09. The molecule has 2 rings (SSSR count). The van der Waals surface area contributed by atoms with Crippen LogP contribution in [-0.2, 0) is 13.6 Å². The molecule has 0 aliphatic heterocycles. The fourth-order valence-corrected chi connectivity index (χ4v) is 1.72. The van der Waals surface area contributed by atoms with Crippen LogP contribution in [0, 0.1) is 0 Å². The number of rotatable bonds is 4. The molecule has 0 unspecified atom stereocenters. The molecule has 0 aliphatic rings. The molecule has 18 heavy (non-hydrogen) atoms. The van der Waals surface area contributed by atoms with Crippen molar-refractivity contribution in [2.24, 2.45) is 7.05 Å². The number of amides is 1. The Morgan fingerprint density at radius 2 is 2.17 bits per heavy atom. The first-order chi connectivity index (χ1) is 8.72. The van der Waals surface area contributed by atoms with Gasteiger partial charge in [-0.25, -0.2) is 4.98 Å². The van der Waals surface area contributed by atoms with Gasteiger partial charge in [-0.05, 0) is 12.1 Å². The molecule has 0 fully saturated rings. The van der Waals surface area contributed by atoms with Crippen LogP contribution in [0.4, 0.5) is 5.69 Å². The van der Waals surface area contributed by atoms with Crippen molar-refractivity contribution in [2.75, 3.05) is 12.4 Å². The van der Waals surface area contributed by atoms with Crippen molar-refractivity contribution < 1.29 is 4.79 Å². The first kappa shape index (κ1) is 12.2. The summed E-state index contributed by atoms with van der Waals surface area (Å²) in [4.78, 5) is 16.2. The van der Waals surface area contributed by atoms with Gasteiger partial charge in [0, 0.05) is 32.2 Å². The Balaban J connectivity index is 2.06. The third kappa shape index (κ3) is 2.51. The Labute approximate surface area is 106 Å². The first-order valence-electron chi connectivity index (χ1n) is 5.73. The summed E-state index contributed by atoms with van der Waals surface area (Å²) in [5.41, 5.74) is 1.45. The second-order valence-corrected chi connectivity index (χ2v) is 3.93. The lowest BCUT2D eigenvalue weighted by molar-refractivity contribution is 0.0950. The van der Waals surface area contributed by atoms with E-state index in [0.29, 0.717) is 12.1 Å². The summed E-state index contributed by atoms with van der Waals surface area (Å²) in [6.45, 7) is 0.417. The Morgan fingerprint density at radius 1 is 1.39 bits per heavy atom. The van der Waals surface area contributed by atoms with E-state index in [4.69, 9.17) is 0 Å². The second-order valence-electron chi connectivity index (χ2n) is 3.93. The van der Waals surface area contributed by atoms with Crippen LogP contribution in [0.15, 0.2) is 36.7 Å². The number of benzene rings is 1. The maximum absolute atomic E-state index is 12.0. The average molecular weight is 244 g/mol. The van der Waals surface area contributed by atoms with E-state index in [1.54, 1.807) is 19.3 Å². The molecule has 0 atom stereocenters. The van der Waals surface area contributed by atoms with Gasteiger partial charge in [0.15, 0.2) is 0 Å². The van der Waals surface area contributed by atoms with Gasteiger partial charge in [-0.1, -0.05) is 12.1 Å². The minimum Gasteiger partial charge on any atom is -0.387 e. The molecule has 94 valence electrons. The van der Waals surface area contributed by atoms with Gasteiger partial charge in [-0.15, -0.1) is 0 Å². The normalized spacial score (nSPS) is 10.1. The number of aryl methyl sites for hydroxylation is 1. The van der Waals surface area contributed by atoms with Crippen molar-refractivity contribution in [3.63, 3.8) is 0 Å². The molecule has 1 heterocycles. The smallest absolute Gasteiger partial charge is 0.253 e. The van der Waals surface area contributed by atoms with Crippen molar-refractivity contribution in [3.05, 3.63) is 48.0 Å². The molecule has 2 aromatic rings. The Kier molecular flexibility index (Phi) is 3.62. The molecule has 5 nitrogen and oxygen atoms in total. The third-order valence-corrected chi connectivity index (χ3v) is 2.77. The highest BCUT2D eigenvalue weighted by Gasteiger charge is 2.10. The predicted octanol–water partition coefficient (Wildman–Crippen LogP) is 1.39. The zero-order valence-electron chi connectivity index (χ0n) is 10.5. The Hall–Kier alpha value is -2.30. The van der Waals surface area contributed by atoms with E-state index in [1.807, 2.05) is 36.0 Å². The molecule has 5 heteroatoms. The number of nitrogens with one attached hydrogen (secondary N) is 2. The van der Waals surface area contributed by atoms with Crippen molar-refractivity contribution >= 4 is 11.6 Å². The number of carbonyl (C=O) groups excluding carboxylic acids is 1. The molecule has 0 bridgehead atoms. The van der Waals surface area contributed by atoms with Gasteiger partial charge in [-0.3, -0.25) is 4.79 Å². The van der Waals surface area contributed by atoms with E-state index in [-0.39, 0.29) is 5.91 Å². The molecule has 0 radical (unpaired) electrons. The quantitative estimate of drug-likeness (QED) is 0.854. The van der Waals surface area contributed by atoms with Crippen LogP contribution in [0.1, 0.15) is 16.2 Å². The zero-order chi connectivity index (χ0) is 13.0. The summed E-state index contributed by atoms with van der Waals surface area (Å²) < 4.78 is 1.88. The maximum Gasteiger partial charge on any atom is 0.253 e. The highest BCUT2D eigenvalue weighted by Crippen LogP contribution is 2.13. The van der Waals surface area contributed by atoms with Gasteiger partial charge in [0.2, 0.25) is 0 Å². The average Bonchev–Trinajstić information content (AvgIpc) is 2.81. The molecule has 0 saturated carbocycles. The summed E-state index contributed by atoms with van der Waals surface area (Å²) >= 11 is 0. The second kappa shape index (κ2) is 5.35. The van der Waals surface area contributed by atoms with Crippen molar-refractivity contribution in [2.45, 2.75) is 6.54 Å². The number of aromatic nitrogens is 2. The van der Waals surface area contributed by atoms with Crippen LogP contribution in [0.5, 0.6) is 0 Å². The van der Waals surface area contributed by atoms with E-state index in [9.17, 15) is 4.79 Å². The number of nitrogens with zero attached hydrogens (tertiary/aromatic N) is 2. The number of carbonyl (C=O) groups is 1. The minimum absolute atomic E-state index is 0.108. The molecule has 1 aromatic heterocycles. The lowest BCUT2D eigenvalue weighted by Crippen LogP contribution is -2.25. The molecule has 0 saturated heterocycles. The van der Waals surface area contributed by atoms with Gasteiger partial charge < -0.3 is 15.2 Å². The number of hydrogen-bond donors (Lipinski definition) is 2. The fourth-order valence-electron chi connectivity index (χ4n) is 1.72. The van der Waals surface area contributed by atoms with Crippen LogP contribution in [0.25, 0.3) is 0 Å². The molecular weight excluding hydrogens is 228 g/mol. The van der Waals surface area contributed by atoms with E-state index in [2.05, 4.69) is 15.6 Å². The van der Waals surface area contributed by atoms with Gasteiger partial charge in [0.25, 0.3) is 5.91 Å². The predicted molar refractivity (Wildman–Crippen MR) is 70.4 cm³/mol. The van der Waals surface area contributed by atoms with Gasteiger partial charge in [0.05, 0.1) is 12.1 Å². The van der Waals surface area contributed by atoms with Crippen molar-refractivity contribution in [3.8, 4) is 0 Å². The summed E-state index contributed by atoms with van der Waals surface area (Å²) in [5, 5.41) is 5.85. The standard InChI is InChI=1S/C13H16N4O/c1-14-11-6-4-3-5-10(11)13(18)16-9-12-15-7-8-17(12)2/h3-8,14H,9H2,1-2H3,(H,16,18). The summed E-state index contributed by atoms with van der Waals surface area (Å²) in [6.07, 6.45) is 3.56. The SMILES string of the molecule is CNc1ccccc1C(=O)NCc1nccn1C. The molecule has 0 aliphatic carbocycles. The van der Waals surface area contributed by atoms with Gasteiger partial charge in [0.1, 0.15) is 5.82 Å². The number of imidazole rings is 1. The molecule has 0 spiro atoms. The first-order valence-corrected chi connectivity index (χ1v) is 5.73. The monoisotopic (exact) mass is 244 g/mol. The minimum atomic E-state index is -0.108. The van der Waals surface area contributed by atoms with Crippen LogP contribution in [0.2, 0.25) is 0 Å². The third-order valence-electron chi connectivity index (χ3n) is 2.77. The Bertz CT molecular complexity index is 547. The summed E-state index contributed by atoms with van der Waals surface area (Å²) in [5.74, 6) is 0.716. The largest absolute Gasteiger partial charge is 0.387 e. The Morgan fingerprint density at radius 3 is 2.83 bits per heavy atom. The topological polar surface area (TPSA) is 59.0 Å². The molecule has 1 amide bonds. The van der Waals surface area contributed by atoms with Crippen molar-refractivity contribution in [1.29, 1.82) is 0 Å². The fraction of sp³-hybridized carbons (Fsp3) is 0.231. The van der Waals surface area contributed by atoms with E-state index in [1.165, 1.54) is 0 Å². The highest BCUT2D eigenvalue weighted by atomic mass is 16.1. The van der Waals surface area contributed by atoms with Crippen LogP contribution < -0.4 is 10.6 Å². The van der Waals surface area contributed by atoms with Gasteiger partial charge in [-0.2, -0.15) is 0 Å². The van der Waals surface area contributed by atoms with Gasteiger partial charge >= 0.3 is 0 Å². The van der Waals surface area contributed by atoms with E-state index in [0.717, 1.165) is 11.5 Å². The highest BCUT2D eigenvalue weighted by molar-refractivity contribution is 5.99. The molecule has 1 aromatic carbocycles. The number of hydrogen-bond acceptors (Lipinski definition) is 3. The maximum atomic E-state index is 12.0. The van der Waals surface area contributed by atoms with Crippen LogP contribution >= 0.6 is 0 Å². The van der Waals surface area contributed by atoms with E-state index >= 15 is 0 Å². The van der Waals surface area contributed by atoms with Crippen LogP contribution in [-0.4, -0.2) is 22.5 Å². The number of anilines is 1. The van der Waals surface area contributed by atoms with E-state index < -0.39 is 0 Å². The van der Waals surface area contributed by atoms with Crippen LogP contribution in [0.3, 0.4) is 0 Å². The zero-order valence-corrected chi connectivity index (χ0v) is 10.5. The summed E-state index contributed by atoms with van der Waals surface area (Å²) in [7, 11) is 3.70. The lowest BCUT2D eigenvalue weighted by atomic mass is 10.1. The molecular formula is C13H16N4O. The summed E-state index contributed by atoms with van der Waals surface area (Å²) in [6, 6.07) is 7.40. The molecule has 2 N–H and O–H groups in total. The van der Waals surface area contributed by atoms with Crippen molar-refractivity contribution in [1.82, 2.24) is 14.9 Å². The number of para-hydroxylation sites is 1.